The molecule has 0 saturated carbocycles. The highest BCUT2D eigenvalue weighted by molar-refractivity contribution is 4.97. The second kappa shape index (κ2) is 12.2. The van der Waals surface area contributed by atoms with Gasteiger partial charge in [0.05, 0.1) is 0 Å². The van der Waals surface area contributed by atoms with Crippen molar-refractivity contribution < 1.29 is 0 Å². The topological polar surface area (TPSA) is 0 Å². The van der Waals surface area contributed by atoms with Crippen molar-refractivity contribution in [3.05, 3.63) is 37.0 Å². The molecule has 0 aliphatic carbocycles. The molecule has 0 heteroatoms. The quantitative estimate of drug-likeness (QED) is 0.273. The summed E-state index contributed by atoms with van der Waals surface area (Å²) in [6.07, 6.45) is 19.6. The molecule has 0 amide bonds. The summed E-state index contributed by atoms with van der Waals surface area (Å²) in [5.74, 6) is 0. The highest BCUT2D eigenvalue weighted by Crippen LogP contribution is 2.02. The summed E-state index contributed by atoms with van der Waals surface area (Å²) in [6.45, 7) is 5.88. The van der Waals surface area contributed by atoms with Gasteiger partial charge < -0.3 is 0 Å². The van der Waals surface area contributed by atoms with E-state index >= 15 is 0 Å². The molecule has 0 saturated heterocycles. The molecule has 0 aromatic heterocycles. The number of unbranched alkanes of at least 4 members (excludes halogenated alkanes) is 5. The minimum atomic E-state index is 1.17. The molecule has 80 valence electrons. The molecule has 0 aliphatic heterocycles. The maximum atomic E-state index is 3.64. The van der Waals surface area contributed by atoms with Crippen LogP contribution in [0.1, 0.15) is 51.9 Å². The molecule has 0 rings (SSSR count). The van der Waals surface area contributed by atoms with Gasteiger partial charge >= 0.3 is 0 Å². The average Bonchev–Trinajstić information content (AvgIpc) is 2.21. The van der Waals surface area contributed by atoms with Gasteiger partial charge in [-0.3, -0.25) is 0 Å². The van der Waals surface area contributed by atoms with Crippen molar-refractivity contribution in [1.82, 2.24) is 0 Å². The third-order valence-electron chi connectivity index (χ3n) is 2.15. The van der Waals surface area contributed by atoms with Crippen molar-refractivity contribution in [2.75, 3.05) is 0 Å². The zero-order valence-electron chi connectivity index (χ0n) is 9.54. The highest BCUT2D eigenvalue weighted by atomic mass is 13.9. The maximum Gasteiger partial charge on any atom is -0.0345 e. The van der Waals surface area contributed by atoms with E-state index in [9.17, 15) is 0 Å². The molecule has 0 atom stereocenters. The molecule has 0 radical (unpaired) electrons. The third-order valence-corrected chi connectivity index (χ3v) is 2.15. The monoisotopic (exact) mass is 192 g/mol. The Morgan fingerprint density at radius 1 is 0.857 bits per heavy atom. The van der Waals surface area contributed by atoms with E-state index in [0.717, 1.165) is 0 Å². The Bertz CT molecular complexity index is 163. The Kier molecular flexibility index (Phi) is 11.5. The first-order chi connectivity index (χ1) is 6.91. The standard InChI is InChI=1S/C14H24/c1-3-5-7-9-11-13-14-12-10-8-6-4-2/h3,5,7,12,14H,1,4,6,8-11,13H2,2H3/b7-5-,14-12?. The lowest BCUT2D eigenvalue weighted by atomic mass is 10.1. The minimum absolute atomic E-state index is 1.17. The molecule has 0 bridgehead atoms. The van der Waals surface area contributed by atoms with E-state index in [1.807, 2.05) is 12.2 Å². The predicted octanol–water partition coefficient (Wildman–Crippen LogP) is 5.04. The Morgan fingerprint density at radius 3 is 2.14 bits per heavy atom. The van der Waals surface area contributed by atoms with Gasteiger partial charge in [-0.05, 0) is 32.1 Å². The van der Waals surface area contributed by atoms with Crippen LogP contribution in [0.3, 0.4) is 0 Å². The third kappa shape index (κ3) is 11.2. The lowest BCUT2D eigenvalue weighted by Crippen LogP contribution is -1.72. The first kappa shape index (κ1) is 13.2. The first-order valence-electron chi connectivity index (χ1n) is 5.84. The SMILES string of the molecule is C=C/C=C\CCCC=CCCCCC. The summed E-state index contributed by atoms with van der Waals surface area (Å²) in [5, 5.41) is 0. The molecule has 0 aliphatic rings. The fourth-order valence-electron chi connectivity index (χ4n) is 1.29. The van der Waals surface area contributed by atoms with Crippen molar-refractivity contribution >= 4 is 0 Å². The number of allylic oxidation sites excluding steroid dienone is 5. The summed E-state index contributed by atoms with van der Waals surface area (Å²) in [7, 11) is 0. The van der Waals surface area contributed by atoms with E-state index in [4.69, 9.17) is 0 Å². The molecule has 0 aromatic rings. The van der Waals surface area contributed by atoms with Crippen LogP contribution in [-0.2, 0) is 0 Å². The molecular weight excluding hydrogens is 168 g/mol. The largest absolute Gasteiger partial charge is 0.0991 e. The fraction of sp³-hybridized carbons (Fsp3) is 0.571. The lowest BCUT2D eigenvalue weighted by Gasteiger charge is -1.92. The normalized spacial score (nSPS) is 11.5. The minimum Gasteiger partial charge on any atom is -0.0991 e. The molecule has 0 unspecified atom stereocenters. The summed E-state index contributed by atoms with van der Waals surface area (Å²) in [5.41, 5.74) is 0. The summed E-state index contributed by atoms with van der Waals surface area (Å²) < 4.78 is 0. The van der Waals surface area contributed by atoms with Gasteiger partial charge in [0.1, 0.15) is 0 Å². The van der Waals surface area contributed by atoms with Crippen LogP contribution in [0.15, 0.2) is 37.0 Å². The van der Waals surface area contributed by atoms with Crippen LogP contribution in [0, 0.1) is 0 Å². The van der Waals surface area contributed by atoms with Gasteiger partial charge in [-0.2, -0.15) is 0 Å². The summed E-state index contributed by atoms with van der Waals surface area (Å²) in [6, 6.07) is 0. The van der Waals surface area contributed by atoms with Gasteiger partial charge in [0.2, 0.25) is 0 Å². The molecule has 0 heterocycles. The van der Waals surface area contributed by atoms with E-state index in [-0.39, 0.29) is 0 Å². The van der Waals surface area contributed by atoms with Crippen molar-refractivity contribution in [1.29, 1.82) is 0 Å². The van der Waals surface area contributed by atoms with Crippen molar-refractivity contribution in [2.45, 2.75) is 51.9 Å². The lowest BCUT2D eigenvalue weighted by molar-refractivity contribution is 0.727. The Labute approximate surface area is 89.4 Å². The summed E-state index contributed by atoms with van der Waals surface area (Å²) in [4.78, 5) is 0. The number of hydrogen-bond acceptors (Lipinski definition) is 0. The van der Waals surface area contributed by atoms with E-state index in [0.29, 0.717) is 0 Å². The van der Waals surface area contributed by atoms with E-state index in [2.05, 4.69) is 31.7 Å². The van der Waals surface area contributed by atoms with Crippen LogP contribution < -0.4 is 0 Å². The molecule has 0 fully saturated rings. The van der Waals surface area contributed by atoms with Gasteiger partial charge in [-0.1, -0.05) is 56.7 Å². The zero-order valence-corrected chi connectivity index (χ0v) is 9.54. The van der Waals surface area contributed by atoms with Gasteiger partial charge in [0, 0.05) is 0 Å². The van der Waals surface area contributed by atoms with E-state index in [1.165, 1.54) is 44.9 Å². The van der Waals surface area contributed by atoms with Gasteiger partial charge in [-0.15, -0.1) is 0 Å². The maximum absolute atomic E-state index is 3.64. The second-order valence-corrected chi connectivity index (χ2v) is 3.56. The van der Waals surface area contributed by atoms with Crippen LogP contribution in [-0.4, -0.2) is 0 Å². The van der Waals surface area contributed by atoms with E-state index < -0.39 is 0 Å². The van der Waals surface area contributed by atoms with E-state index in [1.54, 1.807) is 0 Å². The fourth-order valence-corrected chi connectivity index (χ4v) is 1.29. The van der Waals surface area contributed by atoms with Crippen molar-refractivity contribution in [2.24, 2.45) is 0 Å². The second-order valence-electron chi connectivity index (χ2n) is 3.56. The average molecular weight is 192 g/mol. The van der Waals surface area contributed by atoms with Gasteiger partial charge in [0.25, 0.3) is 0 Å². The molecule has 0 spiro atoms. The highest BCUT2D eigenvalue weighted by Gasteiger charge is 1.82. The Balaban J connectivity index is 3.10. The summed E-state index contributed by atoms with van der Waals surface area (Å²) >= 11 is 0. The van der Waals surface area contributed by atoms with Crippen LogP contribution in [0.5, 0.6) is 0 Å². The van der Waals surface area contributed by atoms with Gasteiger partial charge in [0.15, 0.2) is 0 Å². The zero-order chi connectivity index (χ0) is 10.5. The smallest absolute Gasteiger partial charge is 0.0345 e. The predicted molar refractivity (Wildman–Crippen MR) is 66.5 cm³/mol. The molecular formula is C14H24. The van der Waals surface area contributed by atoms with Gasteiger partial charge in [-0.25, -0.2) is 0 Å². The Morgan fingerprint density at radius 2 is 1.50 bits per heavy atom. The van der Waals surface area contributed by atoms with Crippen LogP contribution in [0.2, 0.25) is 0 Å². The molecule has 14 heavy (non-hydrogen) atoms. The van der Waals surface area contributed by atoms with Crippen molar-refractivity contribution in [3.63, 3.8) is 0 Å². The molecule has 0 nitrogen and oxygen atoms in total. The van der Waals surface area contributed by atoms with Crippen LogP contribution in [0.4, 0.5) is 0 Å². The molecule has 0 aromatic carbocycles. The number of hydrogen-bond donors (Lipinski definition) is 0. The van der Waals surface area contributed by atoms with Crippen LogP contribution >= 0.6 is 0 Å². The molecule has 0 N–H and O–H groups in total. The number of rotatable bonds is 9. The Hall–Kier alpha value is -0.780. The van der Waals surface area contributed by atoms with Crippen LogP contribution in [0.25, 0.3) is 0 Å². The van der Waals surface area contributed by atoms with Crippen molar-refractivity contribution in [3.8, 4) is 0 Å². The first-order valence-corrected chi connectivity index (χ1v) is 5.84.